The number of carbonyl (C=O) groups is 1. The van der Waals surface area contributed by atoms with Gasteiger partial charge in [0.2, 0.25) is 0 Å². The summed E-state index contributed by atoms with van der Waals surface area (Å²) in [6, 6.07) is 12.7. The largest absolute Gasteiger partial charge is 0.338 e. The lowest BCUT2D eigenvalue weighted by Crippen LogP contribution is -2.35. The number of rotatable bonds is 5. The van der Waals surface area contributed by atoms with Gasteiger partial charge in [0, 0.05) is 25.4 Å². The van der Waals surface area contributed by atoms with Gasteiger partial charge in [0.15, 0.2) is 0 Å². The molecule has 0 saturated carbocycles. The van der Waals surface area contributed by atoms with Gasteiger partial charge in [-0.05, 0) is 38.5 Å². The van der Waals surface area contributed by atoms with Gasteiger partial charge >= 0.3 is 0 Å². The minimum atomic E-state index is -0.216. The van der Waals surface area contributed by atoms with E-state index in [1.165, 1.54) is 10.6 Å². The summed E-state index contributed by atoms with van der Waals surface area (Å²) in [6.07, 6.45) is 3.39. The predicted octanol–water partition coefficient (Wildman–Crippen LogP) is 3.02. The number of aryl methyl sites for hydroxylation is 1. The molecule has 0 atom stereocenters. The molecule has 0 radical (unpaired) electrons. The molecule has 1 heterocycles. The molecule has 1 amide bonds. The van der Waals surface area contributed by atoms with Crippen molar-refractivity contribution >= 4 is 17.7 Å². The second-order valence-electron chi connectivity index (χ2n) is 5.33. The first-order chi connectivity index (χ1) is 11.1. The molecular weight excluding hydrogens is 288 g/mol. The van der Waals surface area contributed by atoms with E-state index in [0.717, 1.165) is 11.1 Å². The first-order valence-corrected chi connectivity index (χ1v) is 7.82. The Morgan fingerprint density at radius 1 is 1.09 bits per heavy atom. The van der Waals surface area contributed by atoms with Crippen LogP contribution in [0.5, 0.6) is 0 Å². The molecule has 23 heavy (non-hydrogen) atoms. The van der Waals surface area contributed by atoms with Crippen LogP contribution in [0.1, 0.15) is 25.0 Å². The average Bonchev–Trinajstić information content (AvgIpc) is 2.56. The second-order valence-corrected chi connectivity index (χ2v) is 5.33. The molecule has 0 spiro atoms. The standard InChI is InChI=1S/C19H22N2O2/c1-4-20(5-2)19(23)17(21-13-7-6-8-18(21)22)14-16-11-9-15(3)10-12-16/h6-14H,4-5H2,1-3H3. The lowest BCUT2D eigenvalue weighted by molar-refractivity contribution is -0.125. The summed E-state index contributed by atoms with van der Waals surface area (Å²) >= 11 is 0. The minimum Gasteiger partial charge on any atom is -0.338 e. The van der Waals surface area contributed by atoms with Crippen LogP contribution >= 0.6 is 0 Å². The van der Waals surface area contributed by atoms with Crippen molar-refractivity contribution in [3.63, 3.8) is 0 Å². The quantitative estimate of drug-likeness (QED) is 0.797. The predicted molar refractivity (Wildman–Crippen MR) is 94.0 cm³/mol. The molecule has 4 heteroatoms. The van der Waals surface area contributed by atoms with E-state index in [2.05, 4.69) is 0 Å². The van der Waals surface area contributed by atoms with E-state index < -0.39 is 0 Å². The molecule has 0 unspecified atom stereocenters. The summed E-state index contributed by atoms with van der Waals surface area (Å²) < 4.78 is 1.40. The fraction of sp³-hybridized carbons (Fsp3) is 0.263. The number of amides is 1. The van der Waals surface area contributed by atoms with Gasteiger partial charge in [0.25, 0.3) is 11.5 Å². The van der Waals surface area contributed by atoms with E-state index in [-0.39, 0.29) is 11.5 Å². The van der Waals surface area contributed by atoms with Gasteiger partial charge in [0.1, 0.15) is 5.70 Å². The Morgan fingerprint density at radius 3 is 2.30 bits per heavy atom. The van der Waals surface area contributed by atoms with Crippen molar-refractivity contribution in [2.24, 2.45) is 0 Å². The lowest BCUT2D eigenvalue weighted by Gasteiger charge is -2.21. The molecule has 0 aliphatic heterocycles. The number of hydrogen-bond acceptors (Lipinski definition) is 2. The molecule has 0 fully saturated rings. The Morgan fingerprint density at radius 2 is 1.74 bits per heavy atom. The highest BCUT2D eigenvalue weighted by Crippen LogP contribution is 2.14. The maximum atomic E-state index is 12.8. The van der Waals surface area contributed by atoms with E-state index in [4.69, 9.17) is 0 Å². The molecule has 0 saturated heterocycles. The van der Waals surface area contributed by atoms with E-state index in [1.807, 2.05) is 45.0 Å². The van der Waals surface area contributed by atoms with Crippen molar-refractivity contribution in [1.29, 1.82) is 0 Å². The van der Waals surface area contributed by atoms with Gasteiger partial charge in [-0.25, -0.2) is 0 Å². The van der Waals surface area contributed by atoms with Gasteiger partial charge in [-0.15, -0.1) is 0 Å². The fourth-order valence-electron chi connectivity index (χ4n) is 2.35. The van der Waals surface area contributed by atoms with E-state index in [0.29, 0.717) is 18.8 Å². The van der Waals surface area contributed by atoms with Gasteiger partial charge in [0.05, 0.1) is 0 Å². The lowest BCUT2D eigenvalue weighted by atomic mass is 10.1. The van der Waals surface area contributed by atoms with E-state index in [9.17, 15) is 9.59 Å². The Labute approximate surface area is 136 Å². The SMILES string of the molecule is CCN(CC)C(=O)C(=Cc1ccc(C)cc1)n1ccccc1=O. The zero-order valence-electron chi connectivity index (χ0n) is 13.8. The topological polar surface area (TPSA) is 42.3 Å². The Balaban J connectivity index is 2.56. The Kier molecular flexibility index (Phi) is 5.52. The fourth-order valence-corrected chi connectivity index (χ4v) is 2.35. The number of nitrogens with zero attached hydrogens (tertiary/aromatic N) is 2. The summed E-state index contributed by atoms with van der Waals surface area (Å²) in [5, 5.41) is 0. The summed E-state index contributed by atoms with van der Waals surface area (Å²) in [5.74, 6) is -0.149. The number of likely N-dealkylation sites (N-methyl/N-ethyl adjacent to an activating group) is 1. The van der Waals surface area contributed by atoms with Gasteiger partial charge in [-0.3, -0.25) is 14.2 Å². The highest BCUT2D eigenvalue weighted by Gasteiger charge is 2.18. The van der Waals surface area contributed by atoms with Gasteiger partial charge in [-0.2, -0.15) is 0 Å². The van der Waals surface area contributed by atoms with Crippen molar-refractivity contribution in [3.8, 4) is 0 Å². The number of benzene rings is 1. The van der Waals surface area contributed by atoms with Crippen LogP contribution in [0.15, 0.2) is 53.5 Å². The number of carbonyl (C=O) groups excluding carboxylic acids is 1. The first-order valence-electron chi connectivity index (χ1n) is 7.82. The number of pyridine rings is 1. The van der Waals surface area contributed by atoms with Crippen LogP contribution in [-0.4, -0.2) is 28.5 Å². The Hall–Kier alpha value is -2.62. The maximum absolute atomic E-state index is 12.8. The molecule has 0 aliphatic carbocycles. The third-order valence-corrected chi connectivity index (χ3v) is 3.73. The summed E-state index contributed by atoms with van der Waals surface area (Å²) in [7, 11) is 0. The highest BCUT2D eigenvalue weighted by atomic mass is 16.2. The molecule has 1 aromatic carbocycles. The van der Waals surface area contributed by atoms with Crippen LogP contribution in [0.3, 0.4) is 0 Å². The molecule has 2 rings (SSSR count). The molecule has 120 valence electrons. The molecule has 1 aromatic heterocycles. The van der Waals surface area contributed by atoms with Gasteiger partial charge in [-0.1, -0.05) is 35.9 Å². The average molecular weight is 310 g/mol. The summed E-state index contributed by atoms with van der Waals surface area (Å²) in [4.78, 5) is 26.7. The smallest absolute Gasteiger partial charge is 0.270 e. The maximum Gasteiger partial charge on any atom is 0.270 e. The van der Waals surface area contributed by atoms with Crippen molar-refractivity contribution in [2.45, 2.75) is 20.8 Å². The van der Waals surface area contributed by atoms with Crippen LogP contribution < -0.4 is 5.56 Å². The molecule has 0 bridgehead atoms. The van der Waals surface area contributed by atoms with Crippen molar-refractivity contribution < 1.29 is 4.79 Å². The van der Waals surface area contributed by atoms with Crippen LogP contribution in [0, 0.1) is 6.92 Å². The molecular formula is C19H22N2O2. The van der Waals surface area contributed by atoms with Crippen molar-refractivity contribution in [2.75, 3.05) is 13.1 Å². The molecule has 2 aromatic rings. The van der Waals surface area contributed by atoms with Crippen molar-refractivity contribution in [1.82, 2.24) is 9.47 Å². The zero-order chi connectivity index (χ0) is 16.8. The van der Waals surface area contributed by atoms with Crippen LogP contribution in [-0.2, 0) is 4.79 Å². The normalized spacial score (nSPS) is 11.3. The minimum absolute atomic E-state index is 0.149. The first kappa shape index (κ1) is 16.7. The molecule has 0 N–H and O–H groups in total. The van der Waals surface area contributed by atoms with Crippen molar-refractivity contribution in [3.05, 3.63) is 70.1 Å². The van der Waals surface area contributed by atoms with E-state index >= 15 is 0 Å². The van der Waals surface area contributed by atoms with E-state index in [1.54, 1.807) is 29.3 Å². The van der Waals surface area contributed by atoms with Crippen LogP contribution in [0.25, 0.3) is 11.8 Å². The highest BCUT2D eigenvalue weighted by molar-refractivity contribution is 6.18. The van der Waals surface area contributed by atoms with Gasteiger partial charge < -0.3 is 4.90 Å². The number of aromatic nitrogens is 1. The number of hydrogen-bond donors (Lipinski definition) is 0. The summed E-state index contributed by atoms with van der Waals surface area (Å²) in [5.41, 5.74) is 2.19. The Bertz CT molecular complexity index is 753. The second kappa shape index (κ2) is 7.58. The summed E-state index contributed by atoms with van der Waals surface area (Å²) in [6.45, 7) is 7.07. The molecule has 4 nitrogen and oxygen atoms in total. The third-order valence-electron chi connectivity index (χ3n) is 3.73. The monoisotopic (exact) mass is 310 g/mol. The molecule has 0 aliphatic rings. The van der Waals surface area contributed by atoms with Crippen LogP contribution in [0.4, 0.5) is 0 Å². The zero-order valence-corrected chi connectivity index (χ0v) is 13.8. The third kappa shape index (κ3) is 3.97. The van der Waals surface area contributed by atoms with Crippen LogP contribution in [0.2, 0.25) is 0 Å².